The molecule has 0 amide bonds. The summed E-state index contributed by atoms with van der Waals surface area (Å²) in [6.45, 7) is 7.58. The molecule has 0 bridgehead atoms. The molecule has 0 saturated heterocycles. The number of fused-ring (bicyclic) bond motifs is 1. The van der Waals surface area contributed by atoms with Crippen LogP contribution in [-0.2, 0) is 0 Å². The topological polar surface area (TPSA) is 24.9 Å². The van der Waals surface area contributed by atoms with Crippen LogP contribution >= 0.6 is 11.6 Å². The van der Waals surface area contributed by atoms with Crippen LogP contribution in [0.15, 0.2) is 30.5 Å². The fraction of sp³-hybridized carbons (Fsp3) is 0.400. The first-order valence-corrected chi connectivity index (χ1v) is 6.78. The van der Waals surface area contributed by atoms with Crippen LogP contribution in [0.4, 0.5) is 0 Å². The molecule has 0 aliphatic carbocycles. The number of rotatable bonds is 4. The van der Waals surface area contributed by atoms with Crippen molar-refractivity contribution in [3.05, 3.63) is 41.0 Å². The summed E-state index contributed by atoms with van der Waals surface area (Å²) in [5.74, 6) is 0.441. The molecule has 2 rings (SSSR count). The summed E-state index contributed by atoms with van der Waals surface area (Å²) < 4.78 is 0. The van der Waals surface area contributed by atoms with E-state index in [0.29, 0.717) is 12.0 Å². The molecular weight excluding hydrogens is 244 g/mol. The Morgan fingerprint density at radius 1 is 1.28 bits per heavy atom. The second-order valence-corrected chi connectivity index (χ2v) is 5.13. The van der Waals surface area contributed by atoms with Gasteiger partial charge in [0, 0.05) is 22.6 Å². The molecule has 3 heteroatoms. The summed E-state index contributed by atoms with van der Waals surface area (Å²) in [6.07, 6.45) is 1.86. The molecular formula is C15H19ClN2. The maximum Gasteiger partial charge on any atom is 0.0719 e. The van der Waals surface area contributed by atoms with E-state index in [0.717, 1.165) is 17.1 Å². The lowest BCUT2D eigenvalue weighted by atomic mass is 9.92. The van der Waals surface area contributed by atoms with Gasteiger partial charge in [0.05, 0.1) is 5.52 Å². The molecule has 1 aromatic heterocycles. The summed E-state index contributed by atoms with van der Waals surface area (Å²) >= 11 is 6.01. The third-order valence-electron chi connectivity index (χ3n) is 3.51. The number of halogens is 1. The average Bonchev–Trinajstić information content (AvgIpc) is 2.37. The van der Waals surface area contributed by atoms with Crippen molar-refractivity contribution in [2.45, 2.75) is 32.7 Å². The first-order chi connectivity index (χ1) is 8.63. The SMILES string of the molecule is CCNC(C)C(C)c1ccnc2cc(Cl)ccc12. The Labute approximate surface area is 113 Å². The molecule has 1 N–H and O–H groups in total. The van der Waals surface area contributed by atoms with Gasteiger partial charge in [-0.15, -0.1) is 0 Å². The van der Waals surface area contributed by atoms with Crippen molar-refractivity contribution in [2.75, 3.05) is 6.54 Å². The van der Waals surface area contributed by atoms with Crippen LogP contribution in [0, 0.1) is 0 Å². The van der Waals surface area contributed by atoms with Gasteiger partial charge >= 0.3 is 0 Å². The molecule has 0 saturated carbocycles. The van der Waals surface area contributed by atoms with Gasteiger partial charge in [0.2, 0.25) is 0 Å². The number of benzene rings is 1. The Morgan fingerprint density at radius 3 is 2.78 bits per heavy atom. The lowest BCUT2D eigenvalue weighted by Crippen LogP contribution is -2.30. The first kappa shape index (κ1) is 13.3. The van der Waals surface area contributed by atoms with Crippen LogP contribution in [0.2, 0.25) is 5.02 Å². The van der Waals surface area contributed by atoms with Crippen LogP contribution in [0.25, 0.3) is 10.9 Å². The van der Waals surface area contributed by atoms with E-state index >= 15 is 0 Å². The Morgan fingerprint density at radius 2 is 2.06 bits per heavy atom. The minimum Gasteiger partial charge on any atom is -0.314 e. The normalized spacial score (nSPS) is 14.7. The molecule has 0 radical (unpaired) electrons. The van der Waals surface area contributed by atoms with Crippen LogP contribution in [-0.4, -0.2) is 17.6 Å². The predicted molar refractivity (Wildman–Crippen MR) is 78.3 cm³/mol. The van der Waals surface area contributed by atoms with Crippen LogP contribution < -0.4 is 5.32 Å². The average molecular weight is 263 g/mol. The van der Waals surface area contributed by atoms with Crippen molar-refractivity contribution >= 4 is 22.5 Å². The molecule has 2 unspecified atom stereocenters. The lowest BCUT2D eigenvalue weighted by Gasteiger charge is -2.22. The molecule has 2 nitrogen and oxygen atoms in total. The minimum absolute atomic E-state index is 0.441. The third kappa shape index (κ3) is 2.65. The Kier molecular flexibility index (Phi) is 4.20. The number of nitrogens with one attached hydrogen (secondary N) is 1. The number of aromatic nitrogens is 1. The molecule has 0 fully saturated rings. The molecule has 0 aliphatic heterocycles. The third-order valence-corrected chi connectivity index (χ3v) is 3.74. The van der Waals surface area contributed by atoms with Gasteiger partial charge in [0.1, 0.15) is 0 Å². The number of hydrogen-bond donors (Lipinski definition) is 1. The van der Waals surface area contributed by atoms with Gasteiger partial charge in [-0.05, 0) is 43.1 Å². The van der Waals surface area contributed by atoms with Crippen molar-refractivity contribution in [2.24, 2.45) is 0 Å². The molecule has 2 atom stereocenters. The lowest BCUT2D eigenvalue weighted by molar-refractivity contribution is 0.497. The van der Waals surface area contributed by atoms with E-state index in [4.69, 9.17) is 11.6 Å². The van der Waals surface area contributed by atoms with E-state index in [-0.39, 0.29) is 0 Å². The largest absolute Gasteiger partial charge is 0.314 e. The summed E-state index contributed by atoms with van der Waals surface area (Å²) in [6, 6.07) is 8.46. The first-order valence-electron chi connectivity index (χ1n) is 6.41. The van der Waals surface area contributed by atoms with Crippen LogP contribution in [0.3, 0.4) is 0 Å². The number of likely N-dealkylation sites (N-methyl/N-ethyl adjacent to an activating group) is 1. The van der Waals surface area contributed by atoms with Crippen molar-refractivity contribution < 1.29 is 0 Å². The highest BCUT2D eigenvalue weighted by Gasteiger charge is 2.16. The maximum absolute atomic E-state index is 6.01. The molecule has 1 aromatic carbocycles. The zero-order chi connectivity index (χ0) is 13.1. The molecule has 18 heavy (non-hydrogen) atoms. The van der Waals surface area contributed by atoms with Gasteiger partial charge in [-0.3, -0.25) is 4.98 Å². The zero-order valence-electron chi connectivity index (χ0n) is 11.1. The maximum atomic E-state index is 6.01. The molecule has 1 heterocycles. The molecule has 96 valence electrons. The smallest absolute Gasteiger partial charge is 0.0719 e. The second kappa shape index (κ2) is 5.68. The quantitative estimate of drug-likeness (QED) is 0.901. The summed E-state index contributed by atoms with van der Waals surface area (Å²) in [4.78, 5) is 4.39. The molecule has 0 aliphatic rings. The summed E-state index contributed by atoms with van der Waals surface area (Å²) in [7, 11) is 0. The fourth-order valence-corrected chi connectivity index (χ4v) is 2.47. The van der Waals surface area contributed by atoms with E-state index in [2.05, 4.69) is 43.2 Å². The molecule has 0 spiro atoms. The highest BCUT2D eigenvalue weighted by Crippen LogP contribution is 2.28. The number of nitrogens with zero attached hydrogens (tertiary/aromatic N) is 1. The van der Waals surface area contributed by atoms with Gasteiger partial charge in [0.25, 0.3) is 0 Å². The summed E-state index contributed by atoms with van der Waals surface area (Å²) in [5.41, 5.74) is 2.29. The van der Waals surface area contributed by atoms with Gasteiger partial charge in [0.15, 0.2) is 0 Å². The Balaban J connectivity index is 2.44. The minimum atomic E-state index is 0.441. The number of pyridine rings is 1. The number of hydrogen-bond acceptors (Lipinski definition) is 2. The van der Waals surface area contributed by atoms with Crippen LogP contribution in [0.1, 0.15) is 32.3 Å². The van der Waals surface area contributed by atoms with Crippen molar-refractivity contribution in [3.8, 4) is 0 Å². The van der Waals surface area contributed by atoms with Crippen molar-refractivity contribution in [1.82, 2.24) is 10.3 Å². The van der Waals surface area contributed by atoms with Gasteiger partial charge in [-0.2, -0.15) is 0 Å². The molecule has 2 aromatic rings. The fourth-order valence-electron chi connectivity index (χ4n) is 2.31. The summed E-state index contributed by atoms with van der Waals surface area (Å²) in [5, 5.41) is 5.40. The highest BCUT2D eigenvalue weighted by atomic mass is 35.5. The van der Waals surface area contributed by atoms with E-state index in [1.807, 2.05) is 18.3 Å². The van der Waals surface area contributed by atoms with Gasteiger partial charge in [-0.25, -0.2) is 0 Å². The Bertz CT molecular complexity index is 539. The standard InChI is InChI=1S/C15H19ClN2/c1-4-17-11(3)10(2)13-7-8-18-15-9-12(16)5-6-14(13)15/h5-11,17H,4H2,1-3H3. The van der Waals surface area contributed by atoms with E-state index in [1.165, 1.54) is 10.9 Å². The van der Waals surface area contributed by atoms with Gasteiger partial charge < -0.3 is 5.32 Å². The van der Waals surface area contributed by atoms with Crippen LogP contribution in [0.5, 0.6) is 0 Å². The second-order valence-electron chi connectivity index (χ2n) is 4.70. The highest BCUT2D eigenvalue weighted by molar-refractivity contribution is 6.31. The van der Waals surface area contributed by atoms with Crippen molar-refractivity contribution in [1.29, 1.82) is 0 Å². The van der Waals surface area contributed by atoms with Gasteiger partial charge in [-0.1, -0.05) is 31.5 Å². The zero-order valence-corrected chi connectivity index (χ0v) is 11.8. The Hall–Kier alpha value is -1.12. The predicted octanol–water partition coefficient (Wildman–Crippen LogP) is 3.99. The van der Waals surface area contributed by atoms with Crippen molar-refractivity contribution in [3.63, 3.8) is 0 Å². The van der Waals surface area contributed by atoms with E-state index < -0.39 is 0 Å². The van der Waals surface area contributed by atoms with E-state index in [9.17, 15) is 0 Å². The monoisotopic (exact) mass is 262 g/mol. The van der Waals surface area contributed by atoms with E-state index in [1.54, 1.807) is 0 Å².